The summed E-state index contributed by atoms with van der Waals surface area (Å²) in [5.41, 5.74) is 5.93. The van der Waals surface area contributed by atoms with Crippen molar-refractivity contribution in [2.75, 3.05) is 5.73 Å². The number of hydrogen-bond donors (Lipinski definition) is 1. The largest absolute Gasteiger partial charge is 0.399 e. The number of benzene rings is 1. The lowest BCUT2D eigenvalue weighted by molar-refractivity contribution is 0.619. The van der Waals surface area contributed by atoms with Crippen LogP contribution in [-0.2, 0) is 10.8 Å². The molecule has 17 heavy (non-hydrogen) atoms. The summed E-state index contributed by atoms with van der Waals surface area (Å²) in [5.74, 6) is -0.401. The van der Waals surface area contributed by atoms with Gasteiger partial charge in [-0.3, -0.25) is 4.21 Å². The molecule has 0 bridgehead atoms. The Balaban J connectivity index is 2.17. The molecule has 1 aliphatic rings. The third kappa shape index (κ3) is 3.28. The number of hydrogen-bond acceptors (Lipinski definition) is 2. The van der Waals surface area contributed by atoms with Gasteiger partial charge >= 0.3 is 0 Å². The molecule has 1 aliphatic carbocycles. The van der Waals surface area contributed by atoms with E-state index in [-0.39, 0.29) is 5.25 Å². The fourth-order valence-corrected chi connectivity index (χ4v) is 3.98. The van der Waals surface area contributed by atoms with Crippen LogP contribution in [0.2, 0.25) is 0 Å². The smallest absolute Gasteiger partial charge is 0.126 e. The Morgan fingerprint density at radius 1 is 1.12 bits per heavy atom. The summed E-state index contributed by atoms with van der Waals surface area (Å²) in [7, 11) is -1.12. The maximum Gasteiger partial charge on any atom is 0.126 e. The molecule has 0 radical (unpaired) electrons. The van der Waals surface area contributed by atoms with Crippen LogP contribution in [-0.4, -0.2) is 9.46 Å². The minimum atomic E-state index is -1.12. The zero-order chi connectivity index (χ0) is 12.3. The molecule has 1 aromatic carbocycles. The minimum absolute atomic E-state index is 0.165. The summed E-state index contributed by atoms with van der Waals surface area (Å²) in [6.45, 7) is 0. The molecule has 2 rings (SSSR count). The second-order valence-electron chi connectivity index (χ2n) is 4.63. The van der Waals surface area contributed by atoms with Crippen LogP contribution in [0.15, 0.2) is 23.1 Å². The first-order valence-electron chi connectivity index (χ1n) is 6.13. The van der Waals surface area contributed by atoms with E-state index in [1.165, 1.54) is 25.0 Å². The van der Waals surface area contributed by atoms with Gasteiger partial charge in [-0.15, -0.1) is 0 Å². The lowest BCUT2D eigenvalue weighted by Crippen LogP contribution is -2.14. The predicted molar refractivity (Wildman–Crippen MR) is 68.7 cm³/mol. The molecule has 0 aliphatic heterocycles. The highest BCUT2D eigenvalue weighted by Gasteiger charge is 2.20. The minimum Gasteiger partial charge on any atom is -0.399 e. The average molecular weight is 255 g/mol. The van der Waals surface area contributed by atoms with E-state index in [1.807, 2.05) is 0 Å². The number of anilines is 1. The molecule has 2 nitrogen and oxygen atoms in total. The Hall–Kier alpha value is -0.900. The Labute approximate surface area is 104 Å². The normalized spacial score (nSPS) is 19.8. The molecule has 1 saturated carbocycles. The lowest BCUT2D eigenvalue weighted by atomic mass is 10.2. The molecule has 1 atom stereocenters. The van der Waals surface area contributed by atoms with E-state index >= 15 is 0 Å². The van der Waals surface area contributed by atoms with Crippen LogP contribution in [0.1, 0.15) is 38.5 Å². The average Bonchev–Trinajstić information content (AvgIpc) is 2.55. The first kappa shape index (κ1) is 12.6. The van der Waals surface area contributed by atoms with Crippen molar-refractivity contribution in [1.29, 1.82) is 0 Å². The van der Waals surface area contributed by atoms with Crippen molar-refractivity contribution in [2.45, 2.75) is 48.7 Å². The van der Waals surface area contributed by atoms with Crippen molar-refractivity contribution >= 4 is 16.5 Å². The highest BCUT2D eigenvalue weighted by molar-refractivity contribution is 7.85. The van der Waals surface area contributed by atoms with Gasteiger partial charge in [-0.1, -0.05) is 25.7 Å². The van der Waals surface area contributed by atoms with E-state index in [9.17, 15) is 8.60 Å². The van der Waals surface area contributed by atoms with E-state index in [0.29, 0.717) is 10.6 Å². The Morgan fingerprint density at radius 3 is 2.35 bits per heavy atom. The van der Waals surface area contributed by atoms with Crippen molar-refractivity contribution in [3.05, 3.63) is 24.0 Å². The van der Waals surface area contributed by atoms with Crippen LogP contribution in [0.25, 0.3) is 0 Å². The summed E-state index contributed by atoms with van der Waals surface area (Å²) in [6, 6.07) is 4.23. The Morgan fingerprint density at radius 2 is 1.76 bits per heavy atom. The molecule has 2 N–H and O–H groups in total. The number of nitrogens with two attached hydrogens (primary N) is 1. The maximum absolute atomic E-state index is 13.2. The fourth-order valence-electron chi connectivity index (χ4n) is 2.35. The van der Waals surface area contributed by atoms with Gasteiger partial charge in [0.1, 0.15) is 5.82 Å². The molecule has 0 spiro atoms. The highest BCUT2D eigenvalue weighted by Crippen LogP contribution is 2.26. The molecule has 1 aromatic rings. The van der Waals surface area contributed by atoms with Gasteiger partial charge in [0.05, 0.1) is 10.8 Å². The summed E-state index contributed by atoms with van der Waals surface area (Å²) < 4.78 is 25.6. The predicted octanol–water partition coefficient (Wildman–Crippen LogP) is 3.24. The summed E-state index contributed by atoms with van der Waals surface area (Å²) in [6.07, 6.45) is 6.65. The van der Waals surface area contributed by atoms with E-state index in [1.54, 1.807) is 6.07 Å². The summed E-state index contributed by atoms with van der Waals surface area (Å²) in [5, 5.41) is 0.165. The zero-order valence-electron chi connectivity index (χ0n) is 9.82. The summed E-state index contributed by atoms with van der Waals surface area (Å²) >= 11 is 0. The molecule has 0 aromatic heterocycles. The van der Waals surface area contributed by atoms with Gasteiger partial charge in [-0.2, -0.15) is 0 Å². The van der Waals surface area contributed by atoms with Crippen LogP contribution in [0.3, 0.4) is 0 Å². The van der Waals surface area contributed by atoms with Crippen molar-refractivity contribution in [3.63, 3.8) is 0 Å². The topological polar surface area (TPSA) is 43.1 Å². The van der Waals surface area contributed by atoms with Crippen LogP contribution in [0, 0.1) is 5.82 Å². The van der Waals surface area contributed by atoms with E-state index < -0.39 is 16.6 Å². The van der Waals surface area contributed by atoms with Gasteiger partial charge < -0.3 is 5.73 Å². The Bertz CT molecular complexity index is 394. The van der Waals surface area contributed by atoms with Crippen LogP contribution >= 0.6 is 0 Å². The fraction of sp³-hybridized carbons (Fsp3) is 0.538. The lowest BCUT2D eigenvalue weighted by Gasteiger charge is -2.14. The van der Waals surface area contributed by atoms with Crippen LogP contribution < -0.4 is 5.73 Å². The van der Waals surface area contributed by atoms with E-state index in [0.717, 1.165) is 25.7 Å². The molecule has 1 fully saturated rings. The highest BCUT2D eigenvalue weighted by atomic mass is 32.2. The van der Waals surface area contributed by atoms with Gasteiger partial charge in [-0.25, -0.2) is 4.39 Å². The van der Waals surface area contributed by atoms with Crippen molar-refractivity contribution in [1.82, 2.24) is 0 Å². The Kier molecular flexibility index (Phi) is 4.15. The zero-order valence-corrected chi connectivity index (χ0v) is 10.6. The molecule has 1 unspecified atom stereocenters. The molecule has 0 amide bonds. The van der Waals surface area contributed by atoms with Crippen molar-refractivity contribution < 1.29 is 8.60 Å². The van der Waals surface area contributed by atoms with Gasteiger partial charge in [0.15, 0.2) is 0 Å². The number of nitrogen functional groups attached to an aromatic ring is 1. The van der Waals surface area contributed by atoms with Crippen molar-refractivity contribution in [3.8, 4) is 0 Å². The SMILES string of the molecule is Nc1cc(F)cc(S(=O)C2CCCCCC2)c1. The monoisotopic (exact) mass is 255 g/mol. The number of rotatable bonds is 2. The third-order valence-corrected chi connectivity index (χ3v) is 5.01. The molecule has 0 heterocycles. The molecule has 0 saturated heterocycles. The van der Waals surface area contributed by atoms with Gasteiger partial charge in [-0.05, 0) is 31.0 Å². The number of halogens is 1. The van der Waals surface area contributed by atoms with E-state index in [4.69, 9.17) is 5.73 Å². The standard InChI is InChI=1S/C13H18FNOS/c14-10-7-11(15)9-13(8-10)17(16)12-5-3-1-2-4-6-12/h7-9,12H,1-6,15H2. The van der Waals surface area contributed by atoms with Gasteiger partial charge in [0.2, 0.25) is 0 Å². The second-order valence-corrected chi connectivity index (χ2v) is 6.36. The molecular formula is C13H18FNOS. The maximum atomic E-state index is 13.2. The van der Waals surface area contributed by atoms with Gasteiger partial charge in [0, 0.05) is 15.8 Å². The second kappa shape index (κ2) is 5.63. The molecule has 4 heteroatoms. The van der Waals surface area contributed by atoms with Crippen molar-refractivity contribution in [2.24, 2.45) is 0 Å². The molecule has 94 valence electrons. The quantitative estimate of drug-likeness (QED) is 0.651. The van der Waals surface area contributed by atoms with E-state index in [2.05, 4.69) is 0 Å². The van der Waals surface area contributed by atoms with Crippen LogP contribution in [0.5, 0.6) is 0 Å². The third-order valence-electron chi connectivity index (χ3n) is 3.23. The van der Waals surface area contributed by atoms with Gasteiger partial charge in [0.25, 0.3) is 0 Å². The van der Waals surface area contributed by atoms with Crippen LogP contribution in [0.4, 0.5) is 10.1 Å². The first-order chi connectivity index (χ1) is 8.16. The summed E-state index contributed by atoms with van der Waals surface area (Å²) in [4.78, 5) is 0.536. The molecular weight excluding hydrogens is 237 g/mol. The first-order valence-corrected chi connectivity index (χ1v) is 7.35.